The molecule has 25 heavy (non-hydrogen) atoms. The molecule has 0 aliphatic heterocycles. The van der Waals surface area contributed by atoms with Gasteiger partial charge in [0.1, 0.15) is 0 Å². The van der Waals surface area contributed by atoms with E-state index in [-0.39, 0.29) is 12.5 Å². The Balaban J connectivity index is 1.82. The molecule has 0 amide bonds. The molecule has 0 aliphatic carbocycles. The van der Waals surface area contributed by atoms with Gasteiger partial charge < -0.3 is 0 Å². The topological polar surface area (TPSA) is 58.2 Å². The summed E-state index contributed by atoms with van der Waals surface area (Å²) in [6, 6.07) is 19.7. The van der Waals surface area contributed by atoms with Crippen LogP contribution in [0.15, 0.2) is 73.3 Å². The van der Waals surface area contributed by atoms with Gasteiger partial charge in [-0.2, -0.15) is 13.1 Å². The van der Waals surface area contributed by atoms with Gasteiger partial charge >= 0.3 is 0 Å². The summed E-state index contributed by atoms with van der Waals surface area (Å²) in [6.45, 7) is 6.70. The Morgan fingerprint density at radius 3 is 2.20 bits per heavy atom. The van der Waals surface area contributed by atoms with Gasteiger partial charge in [-0.15, -0.1) is 6.58 Å². The van der Waals surface area contributed by atoms with E-state index in [1.54, 1.807) is 0 Å². The summed E-state index contributed by atoms with van der Waals surface area (Å²) in [5.41, 5.74) is 2.16. The molecule has 2 aromatic rings. The van der Waals surface area contributed by atoms with Crippen LogP contribution in [0.5, 0.6) is 0 Å². The molecule has 2 aromatic carbocycles. The smallest absolute Gasteiger partial charge is 0.202 e. The summed E-state index contributed by atoms with van der Waals surface area (Å²) < 4.78 is 29.3. The van der Waals surface area contributed by atoms with E-state index in [2.05, 4.69) is 35.1 Å². The Hall–Kier alpha value is -1.95. The number of nitrogens with one attached hydrogen (secondary N) is 2. The van der Waals surface area contributed by atoms with E-state index in [9.17, 15) is 8.42 Å². The van der Waals surface area contributed by atoms with Gasteiger partial charge in [-0.05, 0) is 29.4 Å². The lowest BCUT2D eigenvalue weighted by Crippen LogP contribution is -2.37. The van der Waals surface area contributed by atoms with Crippen molar-refractivity contribution >= 4 is 10.2 Å². The Morgan fingerprint density at radius 1 is 1.00 bits per heavy atom. The molecule has 2 N–H and O–H groups in total. The predicted octanol–water partition coefficient (Wildman–Crippen LogP) is 3.61. The summed E-state index contributed by atoms with van der Waals surface area (Å²) in [4.78, 5) is 0. The molecule has 0 saturated carbocycles. The zero-order valence-electron chi connectivity index (χ0n) is 14.6. The molecule has 134 valence electrons. The van der Waals surface area contributed by atoms with Crippen molar-refractivity contribution < 1.29 is 8.42 Å². The first-order chi connectivity index (χ1) is 12.0. The summed E-state index contributed by atoms with van der Waals surface area (Å²) in [7, 11) is -3.51. The Bertz CT molecular complexity index is 746. The van der Waals surface area contributed by atoms with Crippen LogP contribution in [0.4, 0.5) is 0 Å². The van der Waals surface area contributed by atoms with E-state index in [0.717, 1.165) is 5.56 Å². The van der Waals surface area contributed by atoms with Gasteiger partial charge in [-0.25, -0.2) is 4.72 Å². The normalized spacial score (nSPS) is 14.0. The van der Waals surface area contributed by atoms with Crippen LogP contribution in [-0.2, 0) is 16.8 Å². The SMILES string of the molecule is C=CC(CCNS(=O)(=O)NCc1ccccc1)C(C)c1ccccc1. The van der Waals surface area contributed by atoms with Crippen molar-refractivity contribution in [1.29, 1.82) is 0 Å². The van der Waals surface area contributed by atoms with Crippen molar-refractivity contribution in [2.75, 3.05) is 6.54 Å². The summed E-state index contributed by atoms with van der Waals surface area (Å²) in [5, 5.41) is 0. The van der Waals surface area contributed by atoms with Crippen LogP contribution in [0.2, 0.25) is 0 Å². The average molecular weight is 359 g/mol. The predicted molar refractivity (Wildman–Crippen MR) is 103 cm³/mol. The maximum absolute atomic E-state index is 12.1. The Kier molecular flexibility index (Phi) is 7.37. The first-order valence-electron chi connectivity index (χ1n) is 8.47. The highest BCUT2D eigenvalue weighted by atomic mass is 32.2. The second-order valence-corrected chi connectivity index (χ2v) is 7.68. The summed E-state index contributed by atoms with van der Waals surface area (Å²) >= 11 is 0. The second-order valence-electron chi connectivity index (χ2n) is 6.09. The zero-order valence-corrected chi connectivity index (χ0v) is 15.4. The third kappa shape index (κ3) is 6.46. The van der Waals surface area contributed by atoms with E-state index in [4.69, 9.17) is 0 Å². The minimum absolute atomic E-state index is 0.208. The number of rotatable bonds is 10. The Labute approximate surface area is 151 Å². The van der Waals surface area contributed by atoms with E-state index in [1.165, 1.54) is 5.56 Å². The molecule has 5 heteroatoms. The summed E-state index contributed by atoms with van der Waals surface area (Å²) in [6.07, 6.45) is 2.61. The number of hydrogen-bond donors (Lipinski definition) is 2. The molecule has 0 spiro atoms. The molecule has 0 fully saturated rings. The van der Waals surface area contributed by atoms with E-state index in [1.807, 2.05) is 54.6 Å². The molecule has 0 saturated heterocycles. The minimum Gasteiger partial charge on any atom is -0.202 e. The molecule has 0 heterocycles. The van der Waals surface area contributed by atoms with E-state index < -0.39 is 10.2 Å². The highest BCUT2D eigenvalue weighted by molar-refractivity contribution is 7.87. The van der Waals surface area contributed by atoms with Crippen molar-refractivity contribution in [3.05, 3.63) is 84.4 Å². The van der Waals surface area contributed by atoms with Crippen molar-refractivity contribution in [3.8, 4) is 0 Å². The van der Waals surface area contributed by atoms with Gasteiger partial charge in [0.05, 0.1) is 0 Å². The van der Waals surface area contributed by atoms with Crippen LogP contribution in [0, 0.1) is 5.92 Å². The highest BCUT2D eigenvalue weighted by Crippen LogP contribution is 2.27. The molecule has 2 rings (SSSR count). The van der Waals surface area contributed by atoms with E-state index >= 15 is 0 Å². The van der Waals surface area contributed by atoms with Crippen LogP contribution < -0.4 is 9.44 Å². The monoisotopic (exact) mass is 358 g/mol. The molecule has 0 aromatic heterocycles. The number of hydrogen-bond acceptors (Lipinski definition) is 2. The lowest BCUT2D eigenvalue weighted by Gasteiger charge is -2.21. The molecule has 2 unspecified atom stereocenters. The fourth-order valence-corrected chi connectivity index (χ4v) is 3.61. The number of allylic oxidation sites excluding steroid dienone is 1. The maximum atomic E-state index is 12.1. The standard InChI is InChI=1S/C20H26N2O2S/c1-3-19(17(2)20-12-8-5-9-13-20)14-15-21-25(23,24)22-16-18-10-6-4-7-11-18/h3-13,17,19,21-22H,1,14-16H2,2H3. The van der Waals surface area contributed by atoms with Crippen LogP contribution in [0.3, 0.4) is 0 Å². The van der Waals surface area contributed by atoms with Crippen molar-refractivity contribution in [2.24, 2.45) is 5.92 Å². The zero-order chi connectivity index (χ0) is 18.1. The molecule has 2 atom stereocenters. The van der Waals surface area contributed by atoms with Gasteiger partial charge in [0.15, 0.2) is 0 Å². The molecular formula is C20H26N2O2S. The fourth-order valence-electron chi connectivity index (χ4n) is 2.76. The molecule has 0 radical (unpaired) electrons. The van der Waals surface area contributed by atoms with Gasteiger partial charge in [0, 0.05) is 13.1 Å². The fraction of sp³-hybridized carbons (Fsp3) is 0.300. The van der Waals surface area contributed by atoms with Crippen LogP contribution in [0.25, 0.3) is 0 Å². The van der Waals surface area contributed by atoms with Crippen molar-refractivity contribution in [2.45, 2.75) is 25.8 Å². The van der Waals surface area contributed by atoms with E-state index in [0.29, 0.717) is 18.9 Å². The minimum atomic E-state index is -3.51. The third-order valence-corrected chi connectivity index (χ3v) is 5.46. The summed E-state index contributed by atoms with van der Waals surface area (Å²) in [5.74, 6) is 0.500. The number of benzene rings is 2. The molecule has 0 aliphatic rings. The van der Waals surface area contributed by atoms with Gasteiger partial charge in [-0.1, -0.05) is 73.7 Å². The van der Waals surface area contributed by atoms with Crippen LogP contribution in [0.1, 0.15) is 30.4 Å². The first-order valence-corrected chi connectivity index (χ1v) is 9.96. The molecule has 4 nitrogen and oxygen atoms in total. The van der Waals surface area contributed by atoms with Gasteiger partial charge in [0.2, 0.25) is 0 Å². The highest BCUT2D eigenvalue weighted by Gasteiger charge is 2.17. The maximum Gasteiger partial charge on any atom is 0.277 e. The van der Waals surface area contributed by atoms with Gasteiger partial charge in [0.25, 0.3) is 10.2 Å². The average Bonchev–Trinajstić information content (AvgIpc) is 2.65. The Morgan fingerprint density at radius 2 is 1.60 bits per heavy atom. The van der Waals surface area contributed by atoms with Crippen LogP contribution >= 0.6 is 0 Å². The quantitative estimate of drug-likeness (QED) is 0.638. The van der Waals surface area contributed by atoms with Crippen molar-refractivity contribution in [1.82, 2.24) is 9.44 Å². The molecule has 0 bridgehead atoms. The van der Waals surface area contributed by atoms with Crippen LogP contribution in [-0.4, -0.2) is 15.0 Å². The lowest BCUT2D eigenvalue weighted by atomic mass is 9.85. The van der Waals surface area contributed by atoms with Gasteiger partial charge in [-0.3, -0.25) is 0 Å². The largest absolute Gasteiger partial charge is 0.277 e. The van der Waals surface area contributed by atoms with Crippen molar-refractivity contribution in [3.63, 3.8) is 0 Å². The second kappa shape index (κ2) is 9.51. The third-order valence-electron chi connectivity index (χ3n) is 4.35. The lowest BCUT2D eigenvalue weighted by molar-refractivity contribution is 0.494. The molecular weight excluding hydrogens is 332 g/mol. The first kappa shape index (κ1) is 19.4.